The predicted octanol–water partition coefficient (Wildman–Crippen LogP) is 2.61. The Labute approximate surface area is 98.3 Å². The Balaban J connectivity index is 2.85. The van der Waals surface area contributed by atoms with Crippen molar-refractivity contribution in [3.63, 3.8) is 0 Å². The molecule has 0 saturated carbocycles. The lowest BCUT2D eigenvalue weighted by Gasteiger charge is -2.15. The van der Waals surface area contributed by atoms with Crippen LogP contribution < -0.4 is 4.74 Å². The lowest BCUT2D eigenvalue weighted by atomic mass is 9.96. The summed E-state index contributed by atoms with van der Waals surface area (Å²) in [5.41, 5.74) is 0.395. The summed E-state index contributed by atoms with van der Waals surface area (Å²) in [6.07, 6.45) is -2.94. The molecule has 1 aromatic rings. The molecule has 0 unspecified atom stereocenters. The first-order chi connectivity index (χ1) is 8.08. The van der Waals surface area contributed by atoms with Gasteiger partial charge < -0.3 is 9.47 Å². The summed E-state index contributed by atoms with van der Waals surface area (Å²) in [7, 11) is 2.67. The Bertz CT molecular complexity index is 363. The molecule has 0 aliphatic rings. The maximum Gasteiger partial charge on any atom is 0.306 e. The van der Waals surface area contributed by atoms with Crippen LogP contribution in [0.4, 0.5) is 8.78 Å². The second kappa shape index (κ2) is 6.18. The number of benzene rings is 1. The van der Waals surface area contributed by atoms with E-state index in [2.05, 4.69) is 4.74 Å². The number of ether oxygens (including phenoxy) is 2. The molecule has 1 rings (SSSR count). The largest absolute Gasteiger partial charge is 0.497 e. The van der Waals surface area contributed by atoms with Crippen LogP contribution in [0.5, 0.6) is 5.75 Å². The summed E-state index contributed by atoms with van der Waals surface area (Å²) >= 11 is 0. The van der Waals surface area contributed by atoms with Crippen molar-refractivity contribution in [3.05, 3.63) is 29.8 Å². The number of hydrogen-bond acceptors (Lipinski definition) is 3. The van der Waals surface area contributed by atoms with Crippen LogP contribution in [-0.4, -0.2) is 26.6 Å². The maximum atomic E-state index is 12.8. The highest BCUT2D eigenvalue weighted by Crippen LogP contribution is 2.28. The molecule has 0 amide bonds. The number of alkyl halides is 2. The van der Waals surface area contributed by atoms with Gasteiger partial charge in [0.05, 0.1) is 26.6 Å². The van der Waals surface area contributed by atoms with Gasteiger partial charge in [0.25, 0.3) is 0 Å². The van der Waals surface area contributed by atoms with Crippen molar-refractivity contribution >= 4 is 5.97 Å². The SMILES string of the molecule is COC(=O)C[C@H](c1ccc(OC)cc1)C(F)F. The van der Waals surface area contributed by atoms with Gasteiger partial charge in [0.15, 0.2) is 0 Å². The van der Waals surface area contributed by atoms with Crippen molar-refractivity contribution in [3.8, 4) is 5.75 Å². The third-order valence-corrected chi connectivity index (χ3v) is 2.46. The van der Waals surface area contributed by atoms with Crippen molar-refractivity contribution in [1.29, 1.82) is 0 Å². The summed E-state index contributed by atoms with van der Waals surface area (Å²) in [5, 5.41) is 0. The molecule has 1 atom stereocenters. The van der Waals surface area contributed by atoms with Crippen LogP contribution in [0.3, 0.4) is 0 Å². The average Bonchev–Trinajstić information content (AvgIpc) is 2.35. The Morgan fingerprint density at radius 1 is 1.24 bits per heavy atom. The van der Waals surface area contributed by atoms with Crippen molar-refractivity contribution in [2.45, 2.75) is 18.8 Å². The van der Waals surface area contributed by atoms with E-state index < -0.39 is 18.3 Å². The molecule has 0 fully saturated rings. The standard InChI is InChI=1S/C12H14F2O3/c1-16-9-5-3-8(4-6-9)10(12(13)14)7-11(15)17-2/h3-6,10,12H,7H2,1-2H3/t10-/m1/s1. The van der Waals surface area contributed by atoms with E-state index in [4.69, 9.17) is 4.74 Å². The van der Waals surface area contributed by atoms with Crippen LogP contribution in [0.15, 0.2) is 24.3 Å². The lowest BCUT2D eigenvalue weighted by Crippen LogP contribution is -2.15. The third kappa shape index (κ3) is 3.69. The van der Waals surface area contributed by atoms with Crippen molar-refractivity contribution < 1.29 is 23.0 Å². The molecule has 0 saturated heterocycles. The van der Waals surface area contributed by atoms with Gasteiger partial charge in [0.1, 0.15) is 5.75 Å². The highest BCUT2D eigenvalue weighted by molar-refractivity contribution is 5.70. The van der Waals surface area contributed by atoms with E-state index in [1.54, 1.807) is 12.1 Å². The molecule has 0 N–H and O–H groups in total. The van der Waals surface area contributed by atoms with E-state index in [0.29, 0.717) is 11.3 Å². The zero-order chi connectivity index (χ0) is 12.8. The van der Waals surface area contributed by atoms with Gasteiger partial charge in [0, 0.05) is 0 Å². The van der Waals surface area contributed by atoms with Crippen molar-refractivity contribution in [2.75, 3.05) is 14.2 Å². The molecular weight excluding hydrogens is 230 g/mol. The molecule has 0 radical (unpaired) electrons. The fourth-order valence-corrected chi connectivity index (χ4v) is 1.47. The van der Waals surface area contributed by atoms with Crippen LogP contribution in [0.25, 0.3) is 0 Å². The number of carbonyl (C=O) groups is 1. The molecule has 0 aliphatic carbocycles. The zero-order valence-electron chi connectivity index (χ0n) is 9.65. The average molecular weight is 244 g/mol. The normalized spacial score (nSPS) is 12.3. The number of methoxy groups -OCH3 is 2. The fraction of sp³-hybridized carbons (Fsp3) is 0.417. The van der Waals surface area contributed by atoms with E-state index in [1.165, 1.54) is 26.4 Å². The summed E-state index contributed by atoms with van der Waals surface area (Å²) < 4.78 is 35.0. The van der Waals surface area contributed by atoms with Gasteiger partial charge in [-0.05, 0) is 17.7 Å². The molecule has 1 aromatic carbocycles. The Hall–Kier alpha value is -1.65. The first-order valence-electron chi connectivity index (χ1n) is 5.07. The quantitative estimate of drug-likeness (QED) is 0.747. The number of esters is 1. The molecule has 3 nitrogen and oxygen atoms in total. The Morgan fingerprint density at radius 3 is 2.24 bits per heavy atom. The molecular formula is C12H14F2O3. The summed E-state index contributed by atoms with van der Waals surface area (Å²) in [6, 6.07) is 6.22. The minimum Gasteiger partial charge on any atom is -0.497 e. The van der Waals surface area contributed by atoms with Gasteiger partial charge in [-0.25, -0.2) is 8.78 Å². The van der Waals surface area contributed by atoms with E-state index in [1.807, 2.05) is 0 Å². The summed E-state index contributed by atoms with van der Waals surface area (Å²) in [4.78, 5) is 11.0. The number of hydrogen-bond donors (Lipinski definition) is 0. The number of carbonyl (C=O) groups excluding carboxylic acids is 1. The minimum atomic E-state index is -2.61. The lowest BCUT2D eigenvalue weighted by molar-refractivity contribution is -0.142. The first kappa shape index (κ1) is 13.4. The maximum absolute atomic E-state index is 12.8. The summed E-state index contributed by atoms with van der Waals surface area (Å²) in [5.74, 6) is -1.21. The topological polar surface area (TPSA) is 35.5 Å². The second-order valence-corrected chi connectivity index (χ2v) is 3.49. The van der Waals surface area contributed by atoms with Gasteiger partial charge in [0.2, 0.25) is 6.43 Å². The number of halogens is 2. The van der Waals surface area contributed by atoms with Crippen LogP contribution in [-0.2, 0) is 9.53 Å². The van der Waals surface area contributed by atoms with E-state index in [9.17, 15) is 13.6 Å². The highest BCUT2D eigenvalue weighted by Gasteiger charge is 2.25. The van der Waals surface area contributed by atoms with Crippen molar-refractivity contribution in [1.82, 2.24) is 0 Å². The van der Waals surface area contributed by atoms with Gasteiger partial charge in [-0.15, -0.1) is 0 Å². The van der Waals surface area contributed by atoms with Gasteiger partial charge >= 0.3 is 5.97 Å². The van der Waals surface area contributed by atoms with E-state index in [-0.39, 0.29) is 6.42 Å². The predicted molar refractivity (Wildman–Crippen MR) is 58.4 cm³/mol. The van der Waals surface area contributed by atoms with E-state index in [0.717, 1.165) is 0 Å². The van der Waals surface area contributed by atoms with E-state index >= 15 is 0 Å². The minimum absolute atomic E-state index is 0.333. The van der Waals surface area contributed by atoms with Gasteiger partial charge in [-0.1, -0.05) is 12.1 Å². The molecule has 0 heterocycles. The van der Waals surface area contributed by atoms with Crippen LogP contribution in [0.2, 0.25) is 0 Å². The van der Waals surface area contributed by atoms with Crippen LogP contribution in [0, 0.1) is 0 Å². The molecule has 5 heteroatoms. The molecule has 0 aromatic heterocycles. The first-order valence-corrected chi connectivity index (χ1v) is 5.07. The zero-order valence-corrected chi connectivity index (χ0v) is 9.65. The molecule has 17 heavy (non-hydrogen) atoms. The monoisotopic (exact) mass is 244 g/mol. The Kier molecular flexibility index (Phi) is 4.87. The van der Waals surface area contributed by atoms with Gasteiger partial charge in [-0.2, -0.15) is 0 Å². The summed E-state index contributed by atoms with van der Waals surface area (Å²) in [6.45, 7) is 0. The second-order valence-electron chi connectivity index (χ2n) is 3.49. The van der Waals surface area contributed by atoms with Crippen LogP contribution in [0.1, 0.15) is 17.9 Å². The molecule has 0 aliphatic heterocycles. The van der Waals surface area contributed by atoms with Crippen molar-refractivity contribution in [2.24, 2.45) is 0 Å². The fourth-order valence-electron chi connectivity index (χ4n) is 1.47. The number of rotatable bonds is 5. The van der Waals surface area contributed by atoms with Gasteiger partial charge in [-0.3, -0.25) is 4.79 Å². The van der Waals surface area contributed by atoms with Crippen LogP contribution >= 0.6 is 0 Å². The molecule has 94 valence electrons. The molecule has 0 spiro atoms. The third-order valence-electron chi connectivity index (χ3n) is 2.46. The Morgan fingerprint density at radius 2 is 1.82 bits per heavy atom. The highest BCUT2D eigenvalue weighted by atomic mass is 19.3. The smallest absolute Gasteiger partial charge is 0.306 e. The molecule has 0 bridgehead atoms.